The van der Waals surface area contributed by atoms with E-state index >= 15 is 0 Å². The Hall–Kier alpha value is -0.830. The van der Waals surface area contributed by atoms with E-state index in [1.165, 1.54) is 0 Å². The van der Waals surface area contributed by atoms with E-state index < -0.39 is 0 Å². The van der Waals surface area contributed by atoms with Gasteiger partial charge in [0.15, 0.2) is 0 Å². The predicted octanol–water partition coefficient (Wildman–Crippen LogP) is 3.22. The molecule has 2 rings (SSSR count). The molecule has 3 heteroatoms. The van der Waals surface area contributed by atoms with Crippen LogP contribution in [0.3, 0.4) is 0 Å². The van der Waals surface area contributed by atoms with Gasteiger partial charge in [-0.25, -0.2) is 4.98 Å². The average molecular weight is 239 g/mol. The molecule has 2 aromatic heterocycles. The molecule has 0 aromatic carbocycles. The number of nitrogens with zero attached hydrogens (tertiary/aromatic N) is 2. The SMILES string of the molecule is CC(C)c1ncc2cccc(Br)n12. The number of imidazole rings is 1. The molecule has 0 aliphatic rings. The lowest BCUT2D eigenvalue weighted by atomic mass is 10.2. The Morgan fingerprint density at radius 2 is 2.15 bits per heavy atom. The Balaban J connectivity index is 2.79. The summed E-state index contributed by atoms with van der Waals surface area (Å²) < 4.78 is 3.19. The fraction of sp³-hybridized carbons (Fsp3) is 0.300. The molecule has 0 radical (unpaired) electrons. The predicted molar refractivity (Wildman–Crippen MR) is 57.0 cm³/mol. The van der Waals surface area contributed by atoms with Crippen LogP contribution in [0.1, 0.15) is 25.6 Å². The van der Waals surface area contributed by atoms with Crippen molar-refractivity contribution in [3.63, 3.8) is 0 Å². The Bertz CT molecular complexity index is 431. The summed E-state index contributed by atoms with van der Waals surface area (Å²) in [6.07, 6.45) is 1.90. The zero-order valence-corrected chi connectivity index (χ0v) is 9.25. The third-order valence-corrected chi connectivity index (χ3v) is 2.67. The number of halogens is 1. The third-order valence-electron chi connectivity index (χ3n) is 2.05. The summed E-state index contributed by atoms with van der Waals surface area (Å²) in [5.74, 6) is 1.55. The molecule has 0 amide bonds. The maximum absolute atomic E-state index is 4.39. The molecule has 0 fully saturated rings. The monoisotopic (exact) mass is 238 g/mol. The molecule has 0 saturated heterocycles. The van der Waals surface area contributed by atoms with E-state index in [1.807, 2.05) is 18.3 Å². The minimum atomic E-state index is 0.446. The van der Waals surface area contributed by atoms with Crippen LogP contribution in [-0.4, -0.2) is 9.38 Å². The van der Waals surface area contributed by atoms with Gasteiger partial charge in [-0.15, -0.1) is 0 Å². The molecule has 0 aliphatic carbocycles. The molecule has 13 heavy (non-hydrogen) atoms. The lowest BCUT2D eigenvalue weighted by Crippen LogP contribution is -1.97. The summed E-state index contributed by atoms with van der Waals surface area (Å²) in [4.78, 5) is 4.39. The maximum atomic E-state index is 4.39. The van der Waals surface area contributed by atoms with Crippen LogP contribution in [0, 0.1) is 0 Å². The van der Waals surface area contributed by atoms with Crippen LogP contribution >= 0.6 is 15.9 Å². The highest BCUT2D eigenvalue weighted by Gasteiger charge is 2.08. The van der Waals surface area contributed by atoms with Crippen molar-refractivity contribution in [3.05, 3.63) is 34.8 Å². The van der Waals surface area contributed by atoms with E-state index in [1.54, 1.807) is 0 Å². The number of fused-ring (bicyclic) bond motifs is 1. The van der Waals surface area contributed by atoms with Crippen LogP contribution in [0.15, 0.2) is 29.0 Å². The van der Waals surface area contributed by atoms with Gasteiger partial charge in [0.05, 0.1) is 16.3 Å². The Morgan fingerprint density at radius 1 is 1.38 bits per heavy atom. The molecular weight excluding hydrogens is 228 g/mol. The van der Waals surface area contributed by atoms with Crippen molar-refractivity contribution in [2.75, 3.05) is 0 Å². The van der Waals surface area contributed by atoms with E-state index in [-0.39, 0.29) is 0 Å². The van der Waals surface area contributed by atoms with E-state index in [4.69, 9.17) is 0 Å². The standard InChI is InChI=1S/C10H11BrN2/c1-7(2)10-12-6-8-4-3-5-9(11)13(8)10/h3-7H,1-2H3. The van der Waals surface area contributed by atoms with E-state index in [9.17, 15) is 0 Å². The van der Waals surface area contributed by atoms with Gasteiger partial charge in [0.1, 0.15) is 5.82 Å². The normalized spacial score (nSPS) is 11.4. The fourth-order valence-electron chi connectivity index (χ4n) is 1.44. The highest BCUT2D eigenvalue weighted by atomic mass is 79.9. The van der Waals surface area contributed by atoms with Gasteiger partial charge in [-0.1, -0.05) is 19.9 Å². The van der Waals surface area contributed by atoms with Gasteiger partial charge in [-0.05, 0) is 28.1 Å². The highest BCUT2D eigenvalue weighted by molar-refractivity contribution is 9.10. The van der Waals surface area contributed by atoms with Crippen molar-refractivity contribution >= 4 is 21.4 Å². The minimum absolute atomic E-state index is 0.446. The first-order chi connectivity index (χ1) is 6.20. The van der Waals surface area contributed by atoms with Crippen molar-refractivity contribution < 1.29 is 0 Å². The number of hydrogen-bond donors (Lipinski definition) is 0. The second kappa shape index (κ2) is 3.14. The summed E-state index contributed by atoms with van der Waals surface area (Å²) in [5, 5.41) is 0. The van der Waals surface area contributed by atoms with Gasteiger partial charge in [-0.3, -0.25) is 4.40 Å². The molecule has 2 aromatic rings. The summed E-state index contributed by atoms with van der Waals surface area (Å²) in [6.45, 7) is 4.29. The topological polar surface area (TPSA) is 17.3 Å². The maximum Gasteiger partial charge on any atom is 0.116 e. The van der Waals surface area contributed by atoms with Gasteiger partial charge < -0.3 is 0 Å². The van der Waals surface area contributed by atoms with Crippen molar-refractivity contribution in [2.45, 2.75) is 19.8 Å². The zero-order valence-electron chi connectivity index (χ0n) is 7.66. The summed E-state index contributed by atoms with van der Waals surface area (Å²) >= 11 is 3.52. The van der Waals surface area contributed by atoms with Crippen molar-refractivity contribution in [3.8, 4) is 0 Å². The molecule has 2 heterocycles. The first kappa shape index (κ1) is 8.75. The van der Waals surface area contributed by atoms with E-state index in [0.717, 1.165) is 15.9 Å². The quantitative estimate of drug-likeness (QED) is 0.698. The molecule has 0 N–H and O–H groups in total. The average Bonchev–Trinajstić information content (AvgIpc) is 2.49. The Kier molecular flexibility index (Phi) is 2.12. The fourth-order valence-corrected chi connectivity index (χ4v) is 1.98. The van der Waals surface area contributed by atoms with Gasteiger partial charge in [0.2, 0.25) is 0 Å². The van der Waals surface area contributed by atoms with Gasteiger partial charge in [0, 0.05) is 5.92 Å². The van der Waals surface area contributed by atoms with E-state index in [0.29, 0.717) is 5.92 Å². The van der Waals surface area contributed by atoms with Crippen molar-refractivity contribution in [1.29, 1.82) is 0 Å². The second-order valence-electron chi connectivity index (χ2n) is 3.38. The number of pyridine rings is 1. The van der Waals surface area contributed by atoms with Crippen molar-refractivity contribution in [1.82, 2.24) is 9.38 Å². The van der Waals surface area contributed by atoms with Gasteiger partial charge in [-0.2, -0.15) is 0 Å². The lowest BCUT2D eigenvalue weighted by molar-refractivity contribution is 0.765. The first-order valence-corrected chi connectivity index (χ1v) is 5.11. The molecule has 0 unspecified atom stereocenters. The molecule has 2 nitrogen and oxygen atoms in total. The Labute approximate surface area is 85.7 Å². The lowest BCUT2D eigenvalue weighted by Gasteiger charge is -2.05. The van der Waals surface area contributed by atoms with Gasteiger partial charge >= 0.3 is 0 Å². The van der Waals surface area contributed by atoms with Crippen LogP contribution in [0.2, 0.25) is 0 Å². The van der Waals surface area contributed by atoms with Gasteiger partial charge in [0.25, 0.3) is 0 Å². The van der Waals surface area contributed by atoms with Crippen LogP contribution < -0.4 is 0 Å². The third kappa shape index (κ3) is 1.37. The largest absolute Gasteiger partial charge is 0.290 e. The summed E-state index contributed by atoms with van der Waals surface area (Å²) in [6, 6.07) is 6.11. The van der Waals surface area contributed by atoms with E-state index in [2.05, 4.69) is 45.2 Å². The molecule has 0 bridgehead atoms. The number of rotatable bonds is 1. The first-order valence-electron chi connectivity index (χ1n) is 4.32. The molecule has 0 aliphatic heterocycles. The highest BCUT2D eigenvalue weighted by Crippen LogP contribution is 2.20. The number of hydrogen-bond acceptors (Lipinski definition) is 1. The Morgan fingerprint density at radius 3 is 2.85 bits per heavy atom. The van der Waals surface area contributed by atoms with Crippen LogP contribution in [0.5, 0.6) is 0 Å². The summed E-state index contributed by atoms with van der Waals surface area (Å²) in [5.41, 5.74) is 1.14. The molecule has 68 valence electrons. The summed E-state index contributed by atoms with van der Waals surface area (Å²) in [7, 11) is 0. The molecule has 0 atom stereocenters. The zero-order chi connectivity index (χ0) is 9.42. The van der Waals surface area contributed by atoms with Crippen LogP contribution in [0.25, 0.3) is 5.52 Å². The minimum Gasteiger partial charge on any atom is -0.290 e. The smallest absolute Gasteiger partial charge is 0.116 e. The molecule has 0 spiro atoms. The molecule has 0 saturated carbocycles. The van der Waals surface area contributed by atoms with Crippen molar-refractivity contribution in [2.24, 2.45) is 0 Å². The van der Waals surface area contributed by atoms with Crippen LogP contribution in [0.4, 0.5) is 0 Å². The van der Waals surface area contributed by atoms with Crippen LogP contribution in [-0.2, 0) is 0 Å². The second-order valence-corrected chi connectivity index (χ2v) is 4.19. The molecular formula is C10H11BrN2. The number of aromatic nitrogens is 2.